The van der Waals surface area contributed by atoms with Crippen LogP contribution < -0.4 is 0 Å². The highest BCUT2D eigenvalue weighted by Gasteiger charge is 2.35. The summed E-state index contributed by atoms with van der Waals surface area (Å²) in [7, 11) is 0. The maximum Gasteiger partial charge on any atom is 0.303 e. The molecule has 2 unspecified atom stereocenters. The van der Waals surface area contributed by atoms with Gasteiger partial charge in [0.15, 0.2) is 19.4 Å². The zero-order chi connectivity index (χ0) is 18.9. The first-order valence-corrected chi connectivity index (χ1v) is 9.72. The van der Waals surface area contributed by atoms with Crippen molar-refractivity contribution in [3.05, 3.63) is 0 Å². The Kier molecular flexibility index (Phi) is 9.39. The molecule has 1 rings (SSSR count). The maximum absolute atomic E-state index is 10.8. The molecule has 2 atom stereocenters. The quantitative estimate of drug-likeness (QED) is 0.487. The normalized spacial score (nSPS) is 20.2. The van der Waals surface area contributed by atoms with E-state index >= 15 is 0 Å². The van der Waals surface area contributed by atoms with Crippen LogP contribution in [-0.4, -0.2) is 30.4 Å². The molecular weight excluding hydrogens is 320 g/mol. The molecule has 1 heterocycles. The minimum Gasteiger partial charge on any atom is -0.481 e. The summed E-state index contributed by atoms with van der Waals surface area (Å²) in [5.41, 5.74) is 0.222. The summed E-state index contributed by atoms with van der Waals surface area (Å²) in [4.78, 5) is 10.8. The van der Waals surface area contributed by atoms with Gasteiger partial charge in [-0.1, -0.05) is 53.4 Å². The van der Waals surface area contributed by atoms with Crippen molar-refractivity contribution in [3.8, 4) is 0 Å². The molecule has 0 amide bonds. The van der Waals surface area contributed by atoms with Crippen LogP contribution in [0, 0.1) is 17.3 Å². The Labute approximate surface area is 153 Å². The van der Waals surface area contributed by atoms with E-state index in [4.69, 9.17) is 19.3 Å². The van der Waals surface area contributed by atoms with Crippen molar-refractivity contribution in [1.82, 2.24) is 0 Å². The molecule has 25 heavy (non-hydrogen) atoms. The molecule has 0 aliphatic carbocycles. The highest BCUT2D eigenvalue weighted by molar-refractivity contribution is 5.66. The van der Waals surface area contributed by atoms with Gasteiger partial charge in [-0.3, -0.25) is 4.79 Å². The molecule has 0 radical (unpaired) electrons. The first-order valence-electron chi connectivity index (χ1n) is 9.72. The van der Waals surface area contributed by atoms with Gasteiger partial charge in [0.1, 0.15) is 0 Å². The van der Waals surface area contributed by atoms with Crippen molar-refractivity contribution in [2.75, 3.05) is 13.6 Å². The van der Waals surface area contributed by atoms with E-state index in [1.54, 1.807) is 0 Å². The molecule has 1 aliphatic heterocycles. The Hall–Kier alpha value is -0.650. The number of ether oxygens (including phenoxy) is 3. The molecule has 0 bridgehead atoms. The van der Waals surface area contributed by atoms with Crippen LogP contribution in [0.3, 0.4) is 0 Å². The summed E-state index contributed by atoms with van der Waals surface area (Å²) in [6, 6.07) is 0. The Morgan fingerprint density at radius 1 is 1.12 bits per heavy atom. The lowest BCUT2D eigenvalue weighted by molar-refractivity contribution is -0.369. The fourth-order valence-corrected chi connectivity index (χ4v) is 3.76. The number of carboxylic acids is 1. The number of unbranched alkanes of at least 4 members (excludes halogenated alkanes) is 3. The highest BCUT2D eigenvalue weighted by atomic mass is 16.9. The second-order valence-corrected chi connectivity index (χ2v) is 8.67. The zero-order valence-electron chi connectivity index (χ0n) is 16.8. The SMILES string of the molecule is CC(CC(=O)O)CC(C)(C)CCCCCCC(C)C1(C)OCOCO1. The number of rotatable bonds is 12. The smallest absolute Gasteiger partial charge is 0.303 e. The van der Waals surface area contributed by atoms with Crippen LogP contribution in [0.4, 0.5) is 0 Å². The largest absolute Gasteiger partial charge is 0.481 e. The Bertz CT molecular complexity index is 388. The molecule has 1 fully saturated rings. The van der Waals surface area contributed by atoms with Crippen molar-refractivity contribution in [3.63, 3.8) is 0 Å². The third-order valence-electron chi connectivity index (χ3n) is 5.42. The summed E-state index contributed by atoms with van der Waals surface area (Å²) in [6.45, 7) is 11.4. The van der Waals surface area contributed by atoms with Gasteiger partial charge in [0.05, 0.1) is 0 Å². The van der Waals surface area contributed by atoms with Crippen molar-refractivity contribution >= 4 is 5.97 Å². The minimum absolute atomic E-state index is 0.222. The van der Waals surface area contributed by atoms with E-state index in [9.17, 15) is 4.79 Å². The Morgan fingerprint density at radius 3 is 2.32 bits per heavy atom. The van der Waals surface area contributed by atoms with Gasteiger partial charge in [0, 0.05) is 12.3 Å². The molecule has 148 valence electrons. The summed E-state index contributed by atoms with van der Waals surface area (Å²) in [6.07, 6.45) is 8.34. The van der Waals surface area contributed by atoms with Gasteiger partial charge in [0.2, 0.25) is 0 Å². The van der Waals surface area contributed by atoms with Gasteiger partial charge in [-0.15, -0.1) is 0 Å². The predicted molar refractivity (Wildman–Crippen MR) is 98.1 cm³/mol. The average molecular weight is 359 g/mol. The van der Waals surface area contributed by atoms with Crippen LogP contribution in [0.1, 0.15) is 86.0 Å². The maximum atomic E-state index is 10.8. The number of hydrogen-bond acceptors (Lipinski definition) is 4. The summed E-state index contributed by atoms with van der Waals surface area (Å²) in [5.74, 6) is -0.609. The Morgan fingerprint density at radius 2 is 1.72 bits per heavy atom. The van der Waals surface area contributed by atoms with Crippen LogP contribution in [0.15, 0.2) is 0 Å². The van der Waals surface area contributed by atoms with Crippen LogP contribution in [0.5, 0.6) is 0 Å². The second-order valence-electron chi connectivity index (χ2n) is 8.67. The number of carbonyl (C=O) groups is 1. The first kappa shape index (κ1) is 22.4. The van der Waals surface area contributed by atoms with Crippen LogP contribution in [0.2, 0.25) is 0 Å². The van der Waals surface area contributed by atoms with E-state index in [2.05, 4.69) is 20.8 Å². The molecule has 1 saturated heterocycles. The number of carboxylic acid groups (broad SMARTS) is 1. The lowest BCUT2D eigenvalue weighted by atomic mass is 9.78. The minimum atomic E-state index is -0.691. The first-order chi connectivity index (χ1) is 11.6. The van der Waals surface area contributed by atoms with Gasteiger partial charge in [0.25, 0.3) is 0 Å². The van der Waals surface area contributed by atoms with E-state index in [0.29, 0.717) is 19.5 Å². The summed E-state index contributed by atoms with van der Waals surface area (Å²) >= 11 is 0. The molecule has 0 aromatic carbocycles. The zero-order valence-corrected chi connectivity index (χ0v) is 16.8. The fourth-order valence-electron chi connectivity index (χ4n) is 3.76. The molecule has 5 heteroatoms. The lowest BCUT2D eigenvalue weighted by Gasteiger charge is -2.38. The van der Waals surface area contributed by atoms with E-state index in [0.717, 1.165) is 19.3 Å². The highest BCUT2D eigenvalue weighted by Crippen LogP contribution is 2.33. The monoisotopic (exact) mass is 358 g/mol. The number of aliphatic carboxylic acids is 1. The Balaban J connectivity index is 2.13. The van der Waals surface area contributed by atoms with Gasteiger partial charge in [-0.25, -0.2) is 0 Å². The van der Waals surface area contributed by atoms with Crippen molar-refractivity contribution in [1.29, 1.82) is 0 Å². The van der Waals surface area contributed by atoms with E-state index in [1.807, 2.05) is 13.8 Å². The molecular formula is C20H38O5. The van der Waals surface area contributed by atoms with E-state index in [1.165, 1.54) is 25.7 Å². The fraction of sp³-hybridized carbons (Fsp3) is 0.950. The van der Waals surface area contributed by atoms with Crippen LogP contribution in [0.25, 0.3) is 0 Å². The van der Waals surface area contributed by atoms with Crippen molar-refractivity contribution in [2.45, 2.75) is 91.8 Å². The standard InChI is InChI=1S/C20H38O5/c1-16(12-18(21)22)13-19(3,4)11-9-7-6-8-10-17(2)20(5)24-14-23-15-25-20/h16-17H,6-15H2,1-5H3,(H,21,22). The molecule has 1 aliphatic rings. The third kappa shape index (κ3) is 9.02. The molecule has 0 spiro atoms. The predicted octanol–water partition coefficient (Wildman–Crippen LogP) is 5.18. The lowest BCUT2D eigenvalue weighted by Crippen LogP contribution is -2.44. The summed E-state index contributed by atoms with van der Waals surface area (Å²) < 4.78 is 16.3. The van der Waals surface area contributed by atoms with E-state index < -0.39 is 11.8 Å². The molecule has 5 nitrogen and oxygen atoms in total. The average Bonchev–Trinajstić information content (AvgIpc) is 2.49. The molecule has 0 saturated carbocycles. The topological polar surface area (TPSA) is 65.0 Å². The van der Waals surface area contributed by atoms with Gasteiger partial charge < -0.3 is 19.3 Å². The molecule has 0 aromatic rings. The molecule has 1 N–H and O–H groups in total. The van der Waals surface area contributed by atoms with Crippen LogP contribution in [-0.2, 0) is 19.0 Å². The molecule has 0 aromatic heterocycles. The van der Waals surface area contributed by atoms with Gasteiger partial charge >= 0.3 is 5.97 Å². The number of hydrogen-bond donors (Lipinski definition) is 1. The van der Waals surface area contributed by atoms with Crippen LogP contribution >= 0.6 is 0 Å². The summed E-state index contributed by atoms with van der Waals surface area (Å²) in [5, 5.41) is 8.89. The van der Waals surface area contributed by atoms with Crippen molar-refractivity contribution in [2.24, 2.45) is 17.3 Å². The van der Waals surface area contributed by atoms with Gasteiger partial charge in [-0.05, 0) is 37.5 Å². The van der Waals surface area contributed by atoms with E-state index in [-0.39, 0.29) is 17.8 Å². The second kappa shape index (κ2) is 10.5. The van der Waals surface area contributed by atoms with Gasteiger partial charge in [-0.2, -0.15) is 0 Å². The third-order valence-corrected chi connectivity index (χ3v) is 5.42. The van der Waals surface area contributed by atoms with Crippen molar-refractivity contribution < 1.29 is 24.1 Å².